The van der Waals surface area contributed by atoms with Gasteiger partial charge in [-0.2, -0.15) is 0 Å². The summed E-state index contributed by atoms with van der Waals surface area (Å²) in [7, 11) is 0. The van der Waals surface area contributed by atoms with Crippen LogP contribution < -0.4 is 10.5 Å². The number of nitrogens with one attached hydrogen (secondary N) is 1. The maximum Gasteiger partial charge on any atom is 0.265 e. The number of benzene rings is 1. The normalized spacial score (nSPS) is 14.2. The second kappa shape index (κ2) is 4.87. The lowest BCUT2D eigenvalue weighted by atomic mass is 10.0. The van der Waals surface area contributed by atoms with Crippen LogP contribution in [0.15, 0.2) is 42.6 Å². The lowest BCUT2D eigenvalue weighted by molar-refractivity contribution is 0.0996. The molecular weight excluding hydrogens is 278 g/mol. The van der Waals surface area contributed by atoms with Gasteiger partial charge in [0.05, 0.1) is 0 Å². The number of primary amides is 1. The zero-order chi connectivity index (χ0) is 15.1. The van der Waals surface area contributed by atoms with Crippen molar-refractivity contribution >= 4 is 16.8 Å². The smallest absolute Gasteiger partial charge is 0.265 e. The van der Waals surface area contributed by atoms with E-state index in [0.717, 1.165) is 34.9 Å². The Labute approximate surface area is 127 Å². The van der Waals surface area contributed by atoms with Crippen molar-refractivity contribution in [2.75, 3.05) is 0 Å². The van der Waals surface area contributed by atoms with Gasteiger partial charge in [-0.25, -0.2) is 4.98 Å². The van der Waals surface area contributed by atoms with E-state index < -0.39 is 5.91 Å². The standard InChI is InChI=1S/C17H15N3O2/c18-17(21)15-8-13-12(2-1-3-14(13)20-15)10-4-7-16(19-9-10)22-11-5-6-11/h1-4,7-9,11,20H,5-6H2,(H2,18,21). The topological polar surface area (TPSA) is 81.0 Å². The van der Waals surface area contributed by atoms with Gasteiger partial charge in [0.15, 0.2) is 0 Å². The van der Waals surface area contributed by atoms with E-state index in [2.05, 4.69) is 9.97 Å². The number of aromatic amines is 1. The van der Waals surface area contributed by atoms with E-state index in [1.54, 1.807) is 12.3 Å². The molecule has 0 bridgehead atoms. The Morgan fingerprint density at radius 1 is 1.27 bits per heavy atom. The van der Waals surface area contributed by atoms with Gasteiger partial charge in [-0.15, -0.1) is 0 Å². The largest absolute Gasteiger partial charge is 0.474 e. The first-order valence-electron chi connectivity index (χ1n) is 7.25. The van der Waals surface area contributed by atoms with Crippen LogP contribution in [0.3, 0.4) is 0 Å². The predicted molar refractivity (Wildman–Crippen MR) is 83.7 cm³/mol. The van der Waals surface area contributed by atoms with E-state index >= 15 is 0 Å². The monoisotopic (exact) mass is 293 g/mol. The van der Waals surface area contributed by atoms with Crippen LogP contribution in [0.5, 0.6) is 5.88 Å². The highest BCUT2D eigenvalue weighted by molar-refractivity contribution is 6.02. The van der Waals surface area contributed by atoms with E-state index in [1.165, 1.54) is 0 Å². The lowest BCUT2D eigenvalue weighted by Crippen LogP contribution is -2.10. The first-order chi connectivity index (χ1) is 10.7. The maximum atomic E-state index is 11.3. The van der Waals surface area contributed by atoms with Crippen molar-refractivity contribution in [3.63, 3.8) is 0 Å². The summed E-state index contributed by atoms with van der Waals surface area (Å²) < 4.78 is 5.66. The van der Waals surface area contributed by atoms with Crippen LogP contribution >= 0.6 is 0 Å². The molecule has 1 aliphatic rings. The Balaban J connectivity index is 1.74. The van der Waals surface area contributed by atoms with Crippen LogP contribution in [-0.2, 0) is 0 Å². The number of carbonyl (C=O) groups is 1. The zero-order valence-electron chi connectivity index (χ0n) is 11.9. The third-order valence-electron chi connectivity index (χ3n) is 3.79. The molecule has 0 aliphatic heterocycles. The van der Waals surface area contributed by atoms with Crippen molar-refractivity contribution in [3.05, 3.63) is 48.3 Å². The fraction of sp³-hybridized carbons (Fsp3) is 0.176. The van der Waals surface area contributed by atoms with Gasteiger partial charge in [-0.1, -0.05) is 12.1 Å². The molecule has 2 heterocycles. The average molecular weight is 293 g/mol. The molecule has 0 atom stereocenters. The van der Waals surface area contributed by atoms with Gasteiger partial charge < -0.3 is 15.5 Å². The van der Waals surface area contributed by atoms with E-state index in [-0.39, 0.29) is 0 Å². The lowest BCUT2D eigenvalue weighted by Gasteiger charge is -2.06. The predicted octanol–water partition coefficient (Wildman–Crippen LogP) is 2.87. The number of rotatable bonds is 4. The van der Waals surface area contributed by atoms with Crippen LogP contribution in [0.4, 0.5) is 0 Å². The van der Waals surface area contributed by atoms with Crippen molar-refractivity contribution in [1.29, 1.82) is 0 Å². The minimum Gasteiger partial charge on any atom is -0.474 e. The van der Waals surface area contributed by atoms with Crippen molar-refractivity contribution in [1.82, 2.24) is 9.97 Å². The molecule has 1 amide bonds. The second-order valence-corrected chi connectivity index (χ2v) is 5.52. The molecule has 2 aromatic heterocycles. The van der Waals surface area contributed by atoms with Gasteiger partial charge in [0.25, 0.3) is 5.91 Å². The number of hydrogen-bond acceptors (Lipinski definition) is 3. The Kier molecular flexibility index (Phi) is 2.85. The van der Waals surface area contributed by atoms with Crippen LogP contribution in [0.25, 0.3) is 22.0 Å². The van der Waals surface area contributed by atoms with Crippen LogP contribution in [0.1, 0.15) is 23.3 Å². The minimum absolute atomic E-state index is 0.338. The number of hydrogen-bond donors (Lipinski definition) is 2. The molecule has 3 aromatic rings. The quantitative estimate of drug-likeness (QED) is 0.776. The van der Waals surface area contributed by atoms with Crippen LogP contribution in [0.2, 0.25) is 0 Å². The van der Waals surface area contributed by atoms with Gasteiger partial charge >= 0.3 is 0 Å². The summed E-state index contributed by atoms with van der Waals surface area (Å²) in [5.74, 6) is 0.193. The highest BCUT2D eigenvalue weighted by atomic mass is 16.5. The number of H-pyrrole nitrogens is 1. The number of pyridine rings is 1. The van der Waals surface area contributed by atoms with Gasteiger partial charge in [0.2, 0.25) is 5.88 Å². The maximum absolute atomic E-state index is 11.3. The minimum atomic E-state index is -0.464. The molecular formula is C17H15N3O2. The number of ether oxygens (including phenoxy) is 1. The molecule has 1 fully saturated rings. The number of nitrogens with two attached hydrogens (primary N) is 1. The van der Waals surface area contributed by atoms with Gasteiger partial charge in [0.1, 0.15) is 11.8 Å². The second-order valence-electron chi connectivity index (χ2n) is 5.52. The molecule has 1 saturated carbocycles. The molecule has 0 spiro atoms. The fourth-order valence-electron chi connectivity index (χ4n) is 2.51. The van der Waals surface area contributed by atoms with E-state index in [1.807, 2.05) is 30.3 Å². The Bertz CT molecular complexity index is 848. The molecule has 22 heavy (non-hydrogen) atoms. The molecule has 5 nitrogen and oxygen atoms in total. The Morgan fingerprint density at radius 3 is 2.82 bits per heavy atom. The van der Waals surface area contributed by atoms with E-state index in [4.69, 9.17) is 10.5 Å². The number of nitrogens with zero attached hydrogens (tertiary/aromatic N) is 1. The van der Waals surface area contributed by atoms with Gasteiger partial charge in [-0.05, 0) is 36.6 Å². The molecule has 0 saturated heterocycles. The summed E-state index contributed by atoms with van der Waals surface area (Å²) in [4.78, 5) is 18.7. The summed E-state index contributed by atoms with van der Waals surface area (Å²) in [5.41, 5.74) is 8.61. The molecule has 1 aromatic carbocycles. The Hall–Kier alpha value is -2.82. The SMILES string of the molecule is NC(=O)c1cc2c(-c3ccc(OC4CC4)nc3)cccc2[nH]1. The van der Waals surface area contributed by atoms with E-state index in [0.29, 0.717) is 17.7 Å². The number of aromatic nitrogens is 2. The van der Waals surface area contributed by atoms with Crippen LogP contribution in [-0.4, -0.2) is 22.0 Å². The summed E-state index contributed by atoms with van der Waals surface area (Å²) in [6.45, 7) is 0. The van der Waals surface area contributed by atoms with Gasteiger partial charge in [0, 0.05) is 28.7 Å². The highest BCUT2D eigenvalue weighted by Gasteiger charge is 2.23. The molecule has 4 rings (SSSR count). The average Bonchev–Trinajstić information content (AvgIpc) is 3.22. The number of amides is 1. The first kappa shape index (κ1) is 12.9. The van der Waals surface area contributed by atoms with E-state index in [9.17, 15) is 4.79 Å². The first-order valence-corrected chi connectivity index (χ1v) is 7.25. The Morgan fingerprint density at radius 2 is 2.14 bits per heavy atom. The molecule has 0 unspecified atom stereocenters. The summed E-state index contributed by atoms with van der Waals surface area (Å²) in [6.07, 6.45) is 4.36. The van der Waals surface area contributed by atoms with Crippen molar-refractivity contribution in [3.8, 4) is 17.0 Å². The zero-order valence-corrected chi connectivity index (χ0v) is 11.9. The highest BCUT2D eigenvalue weighted by Crippen LogP contribution is 2.31. The summed E-state index contributed by atoms with van der Waals surface area (Å²) >= 11 is 0. The van der Waals surface area contributed by atoms with Crippen LogP contribution in [0, 0.1) is 0 Å². The number of carbonyl (C=O) groups excluding carboxylic acids is 1. The van der Waals surface area contributed by atoms with Crippen molar-refractivity contribution in [2.24, 2.45) is 5.73 Å². The fourth-order valence-corrected chi connectivity index (χ4v) is 2.51. The molecule has 1 aliphatic carbocycles. The molecule has 110 valence electrons. The molecule has 3 N–H and O–H groups in total. The molecule has 5 heteroatoms. The third-order valence-corrected chi connectivity index (χ3v) is 3.79. The van der Waals surface area contributed by atoms with Crippen molar-refractivity contribution in [2.45, 2.75) is 18.9 Å². The third kappa shape index (κ3) is 2.30. The molecule has 0 radical (unpaired) electrons. The number of fused-ring (bicyclic) bond motifs is 1. The summed E-state index contributed by atoms with van der Waals surface area (Å²) in [6, 6.07) is 11.5. The van der Waals surface area contributed by atoms with Gasteiger partial charge in [-0.3, -0.25) is 4.79 Å². The van der Waals surface area contributed by atoms with Crippen molar-refractivity contribution < 1.29 is 9.53 Å². The summed E-state index contributed by atoms with van der Waals surface area (Å²) in [5, 5.41) is 0.953.